The lowest BCUT2D eigenvalue weighted by Crippen LogP contribution is -1.97. The van der Waals surface area contributed by atoms with E-state index in [9.17, 15) is 4.79 Å². The Hall–Kier alpha value is -2.35. The van der Waals surface area contributed by atoms with E-state index in [1.807, 2.05) is 36.4 Å². The van der Waals surface area contributed by atoms with Gasteiger partial charge in [0.1, 0.15) is 18.6 Å². The van der Waals surface area contributed by atoms with Crippen LogP contribution in [0, 0.1) is 6.92 Å². The van der Waals surface area contributed by atoms with Crippen LogP contribution in [0.15, 0.2) is 54.6 Å². The number of benzene rings is 2. The average Bonchev–Trinajstić information content (AvgIpc) is 2.45. The Morgan fingerprint density at radius 2 is 1.95 bits per heavy atom. The first-order valence-electron chi connectivity index (χ1n) is 6.19. The number of rotatable bonds is 5. The van der Waals surface area contributed by atoms with E-state index in [0.29, 0.717) is 6.61 Å². The molecule has 2 nitrogen and oxygen atoms in total. The van der Waals surface area contributed by atoms with E-state index in [1.54, 1.807) is 6.08 Å². The Bertz CT molecular complexity index is 585. The Labute approximate surface area is 113 Å². The molecule has 0 saturated heterocycles. The molecule has 0 atom stereocenters. The molecule has 0 saturated carbocycles. The quantitative estimate of drug-likeness (QED) is 0.598. The second-order valence-corrected chi connectivity index (χ2v) is 4.28. The van der Waals surface area contributed by atoms with Gasteiger partial charge in [-0.2, -0.15) is 0 Å². The molecule has 0 aliphatic carbocycles. The number of hydrogen-bond acceptors (Lipinski definition) is 2. The molecule has 0 spiro atoms. The van der Waals surface area contributed by atoms with Gasteiger partial charge >= 0.3 is 0 Å². The highest BCUT2D eigenvalue weighted by Crippen LogP contribution is 2.17. The SMILES string of the molecule is Cc1ccccc1COc1cccc(/C=C/C=O)c1. The molecule has 0 heterocycles. The molecule has 0 unspecified atom stereocenters. The summed E-state index contributed by atoms with van der Waals surface area (Å²) >= 11 is 0. The summed E-state index contributed by atoms with van der Waals surface area (Å²) in [6, 6.07) is 15.8. The van der Waals surface area contributed by atoms with E-state index in [-0.39, 0.29) is 0 Å². The minimum Gasteiger partial charge on any atom is -0.489 e. The molecule has 2 rings (SSSR count). The number of aldehydes is 1. The number of allylic oxidation sites excluding steroid dienone is 1. The van der Waals surface area contributed by atoms with Crippen LogP contribution in [-0.4, -0.2) is 6.29 Å². The second kappa shape index (κ2) is 6.55. The third-order valence-electron chi connectivity index (χ3n) is 2.88. The number of carbonyl (C=O) groups is 1. The Balaban J connectivity index is 2.05. The second-order valence-electron chi connectivity index (χ2n) is 4.28. The highest BCUT2D eigenvalue weighted by Gasteiger charge is 1.99. The lowest BCUT2D eigenvalue weighted by Gasteiger charge is -2.09. The van der Waals surface area contributed by atoms with E-state index < -0.39 is 0 Å². The van der Waals surface area contributed by atoms with E-state index in [1.165, 1.54) is 17.2 Å². The lowest BCUT2D eigenvalue weighted by atomic mass is 10.1. The molecule has 19 heavy (non-hydrogen) atoms. The van der Waals surface area contributed by atoms with E-state index >= 15 is 0 Å². The van der Waals surface area contributed by atoms with E-state index in [4.69, 9.17) is 4.74 Å². The normalized spacial score (nSPS) is 10.6. The van der Waals surface area contributed by atoms with Crippen LogP contribution in [0.4, 0.5) is 0 Å². The van der Waals surface area contributed by atoms with Gasteiger partial charge in [0, 0.05) is 0 Å². The summed E-state index contributed by atoms with van der Waals surface area (Å²) in [7, 11) is 0. The summed E-state index contributed by atoms with van der Waals surface area (Å²) in [6.45, 7) is 2.62. The summed E-state index contributed by atoms with van der Waals surface area (Å²) < 4.78 is 5.77. The fraction of sp³-hybridized carbons (Fsp3) is 0.118. The fourth-order valence-electron chi connectivity index (χ4n) is 1.79. The van der Waals surface area contributed by atoms with Gasteiger partial charge in [0.15, 0.2) is 0 Å². The molecule has 0 fully saturated rings. The van der Waals surface area contributed by atoms with Gasteiger partial charge in [0.25, 0.3) is 0 Å². The summed E-state index contributed by atoms with van der Waals surface area (Å²) in [5.74, 6) is 0.802. The van der Waals surface area contributed by atoms with Crippen molar-refractivity contribution in [2.45, 2.75) is 13.5 Å². The maximum atomic E-state index is 10.3. The summed E-state index contributed by atoms with van der Waals surface area (Å²) in [5.41, 5.74) is 3.35. The van der Waals surface area contributed by atoms with Crippen LogP contribution in [0.5, 0.6) is 5.75 Å². The minimum atomic E-state index is 0.549. The zero-order valence-corrected chi connectivity index (χ0v) is 10.9. The van der Waals surface area contributed by atoms with Crippen LogP contribution in [0.25, 0.3) is 6.08 Å². The van der Waals surface area contributed by atoms with E-state index in [0.717, 1.165) is 17.6 Å². The Kier molecular flexibility index (Phi) is 4.51. The van der Waals surface area contributed by atoms with Gasteiger partial charge in [-0.15, -0.1) is 0 Å². The molecule has 0 N–H and O–H groups in total. The molecular formula is C17H16O2. The van der Waals surface area contributed by atoms with Crippen molar-refractivity contribution in [1.82, 2.24) is 0 Å². The summed E-state index contributed by atoms with van der Waals surface area (Å²) in [5, 5.41) is 0. The molecular weight excluding hydrogens is 236 g/mol. The molecule has 2 aromatic carbocycles. The highest BCUT2D eigenvalue weighted by molar-refractivity contribution is 5.74. The van der Waals surface area contributed by atoms with Gasteiger partial charge < -0.3 is 4.74 Å². The fourth-order valence-corrected chi connectivity index (χ4v) is 1.79. The van der Waals surface area contributed by atoms with Crippen molar-refractivity contribution in [3.8, 4) is 5.75 Å². The topological polar surface area (TPSA) is 26.3 Å². The van der Waals surface area contributed by atoms with Crippen LogP contribution >= 0.6 is 0 Å². The summed E-state index contributed by atoms with van der Waals surface area (Å²) in [4.78, 5) is 10.3. The van der Waals surface area contributed by atoms with Crippen LogP contribution in [0.2, 0.25) is 0 Å². The van der Waals surface area contributed by atoms with Gasteiger partial charge in [-0.05, 0) is 41.8 Å². The average molecular weight is 252 g/mol. The van der Waals surface area contributed by atoms with Gasteiger partial charge in [0.05, 0.1) is 0 Å². The standard InChI is InChI=1S/C17H16O2/c1-14-6-2-3-9-16(14)13-19-17-10-4-7-15(12-17)8-5-11-18/h2-12H,13H2,1H3/b8-5+. The van der Waals surface area contributed by atoms with Crippen molar-refractivity contribution >= 4 is 12.4 Å². The molecule has 0 aromatic heterocycles. The van der Waals surface area contributed by atoms with Crippen molar-refractivity contribution in [3.05, 3.63) is 71.3 Å². The molecule has 0 amide bonds. The third kappa shape index (κ3) is 3.81. The first kappa shape index (κ1) is 13.1. The molecule has 0 bridgehead atoms. The maximum absolute atomic E-state index is 10.3. The lowest BCUT2D eigenvalue weighted by molar-refractivity contribution is -0.104. The predicted molar refractivity (Wildman–Crippen MR) is 77.1 cm³/mol. The monoisotopic (exact) mass is 252 g/mol. The van der Waals surface area contributed by atoms with Crippen LogP contribution in [0.3, 0.4) is 0 Å². The molecule has 96 valence electrons. The smallest absolute Gasteiger partial charge is 0.142 e. The zero-order chi connectivity index (χ0) is 13.5. The Morgan fingerprint density at radius 1 is 1.11 bits per heavy atom. The first-order valence-corrected chi connectivity index (χ1v) is 6.19. The van der Waals surface area contributed by atoms with Crippen LogP contribution in [-0.2, 0) is 11.4 Å². The number of ether oxygens (including phenoxy) is 1. The predicted octanol–water partition coefficient (Wildman–Crippen LogP) is 3.79. The highest BCUT2D eigenvalue weighted by atomic mass is 16.5. The molecule has 0 radical (unpaired) electrons. The molecule has 0 aliphatic rings. The van der Waals surface area contributed by atoms with Crippen molar-refractivity contribution in [3.63, 3.8) is 0 Å². The minimum absolute atomic E-state index is 0.549. The van der Waals surface area contributed by atoms with Crippen molar-refractivity contribution in [1.29, 1.82) is 0 Å². The molecule has 2 heteroatoms. The van der Waals surface area contributed by atoms with Crippen LogP contribution in [0.1, 0.15) is 16.7 Å². The Morgan fingerprint density at radius 3 is 2.74 bits per heavy atom. The maximum Gasteiger partial charge on any atom is 0.142 e. The molecule has 0 aliphatic heterocycles. The summed E-state index contributed by atoms with van der Waals surface area (Å²) in [6.07, 6.45) is 3.99. The number of carbonyl (C=O) groups excluding carboxylic acids is 1. The third-order valence-corrected chi connectivity index (χ3v) is 2.88. The van der Waals surface area contributed by atoms with Crippen LogP contribution < -0.4 is 4.74 Å². The van der Waals surface area contributed by atoms with Gasteiger partial charge in [-0.1, -0.05) is 42.5 Å². The zero-order valence-electron chi connectivity index (χ0n) is 10.9. The van der Waals surface area contributed by atoms with Gasteiger partial charge in [0.2, 0.25) is 0 Å². The molecule has 2 aromatic rings. The van der Waals surface area contributed by atoms with Crippen molar-refractivity contribution < 1.29 is 9.53 Å². The number of hydrogen-bond donors (Lipinski definition) is 0. The van der Waals surface area contributed by atoms with Crippen molar-refractivity contribution in [2.75, 3.05) is 0 Å². The number of aryl methyl sites for hydroxylation is 1. The van der Waals surface area contributed by atoms with Gasteiger partial charge in [-0.25, -0.2) is 0 Å². The van der Waals surface area contributed by atoms with E-state index in [2.05, 4.69) is 19.1 Å². The first-order chi connectivity index (χ1) is 9.29. The van der Waals surface area contributed by atoms with Crippen molar-refractivity contribution in [2.24, 2.45) is 0 Å². The van der Waals surface area contributed by atoms with Gasteiger partial charge in [-0.3, -0.25) is 4.79 Å². The largest absolute Gasteiger partial charge is 0.489 e.